The third kappa shape index (κ3) is 4.58. The third-order valence-electron chi connectivity index (χ3n) is 5.15. The van der Waals surface area contributed by atoms with E-state index in [2.05, 4.69) is 41.8 Å². The summed E-state index contributed by atoms with van der Waals surface area (Å²) in [5, 5.41) is 0. The molecule has 0 saturated carbocycles. The van der Waals surface area contributed by atoms with Crippen LogP contribution in [0.3, 0.4) is 0 Å². The van der Waals surface area contributed by atoms with Gasteiger partial charge in [0.2, 0.25) is 0 Å². The number of carbonyl (C=O) groups excluding carboxylic acids is 1. The highest BCUT2D eigenvalue weighted by Crippen LogP contribution is 2.26. The summed E-state index contributed by atoms with van der Waals surface area (Å²) in [6, 6.07) is 17.1. The number of carbonyl (C=O) groups is 1. The molecular formula is C24H29N3O3. The number of amides is 1. The van der Waals surface area contributed by atoms with Gasteiger partial charge >= 0.3 is 6.09 Å². The molecule has 158 valence electrons. The van der Waals surface area contributed by atoms with Crippen molar-refractivity contribution in [1.29, 1.82) is 0 Å². The second kappa shape index (κ2) is 8.01. The lowest BCUT2D eigenvalue weighted by molar-refractivity contribution is 0.0273. The summed E-state index contributed by atoms with van der Waals surface area (Å²) in [6.45, 7) is 9.52. The molecule has 1 atom stereocenters. The van der Waals surface area contributed by atoms with Gasteiger partial charge in [-0.3, -0.25) is 4.57 Å². The maximum absolute atomic E-state index is 12.4. The van der Waals surface area contributed by atoms with Crippen LogP contribution in [-0.2, 0) is 11.3 Å². The van der Waals surface area contributed by atoms with Crippen LogP contribution in [0.5, 0.6) is 6.01 Å². The summed E-state index contributed by atoms with van der Waals surface area (Å²) in [4.78, 5) is 18.8. The van der Waals surface area contributed by atoms with Crippen molar-refractivity contribution in [3.05, 3.63) is 59.7 Å². The minimum atomic E-state index is -0.502. The topological polar surface area (TPSA) is 56.6 Å². The van der Waals surface area contributed by atoms with Crippen LogP contribution in [0.15, 0.2) is 48.5 Å². The van der Waals surface area contributed by atoms with Gasteiger partial charge in [0.25, 0.3) is 6.01 Å². The molecule has 1 aliphatic heterocycles. The predicted molar refractivity (Wildman–Crippen MR) is 117 cm³/mol. The van der Waals surface area contributed by atoms with Crippen molar-refractivity contribution in [3.8, 4) is 6.01 Å². The zero-order valence-corrected chi connectivity index (χ0v) is 18.1. The largest absolute Gasteiger partial charge is 0.459 e. The van der Waals surface area contributed by atoms with Gasteiger partial charge in [-0.05, 0) is 45.4 Å². The molecule has 2 heterocycles. The first-order valence-electron chi connectivity index (χ1n) is 10.4. The number of para-hydroxylation sites is 2. The van der Waals surface area contributed by atoms with Crippen LogP contribution in [0.25, 0.3) is 11.0 Å². The maximum Gasteiger partial charge on any atom is 0.410 e. The third-order valence-corrected chi connectivity index (χ3v) is 5.15. The average molecular weight is 408 g/mol. The van der Waals surface area contributed by atoms with Gasteiger partial charge in [-0.25, -0.2) is 4.79 Å². The van der Waals surface area contributed by atoms with Crippen LogP contribution >= 0.6 is 0 Å². The van der Waals surface area contributed by atoms with E-state index >= 15 is 0 Å². The molecule has 30 heavy (non-hydrogen) atoms. The lowest BCUT2D eigenvalue weighted by Crippen LogP contribution is -2.36. The van der Waals surface area contributed by atoms with E-state index in [1.807, 2.05) is 39.0 Å². The van der Waals surface area contributed by atoms with Crippen LogP contribution in [0.2, 0.25) is 0 Å². The first kappa shape index (κ1) is 20.3. The first-order chi connectivity index (χ1) is 14.3. The second-order valence-corrected chi connectivity index (χ2v) is 8.91. The fourth-order valence-electron chi connectivity index (χ4n) is 3.64. The van der Waals surface area contributed by atoms with Gasteiger partial charge in [-0.15, -0.1) is 0 Å². The normalized spacial score (nSPS) is 16.8. The van der Waals surface area contributed by atoms with Crippen LogP contribution in [-0.4, -0.2) is 45.3 Å². The van der Waals surface area contributed by atoms with Gasteiger partial charge in [-0.1, -0.05) is 42.0 Å². The lowest BCUT2D eigenvalue weighted by atomic mass is 10.1. The van der Waals surface area contributed by atoms with Crippen LogP contribution in [0, 0.1) is 6.92 Å². The van der Waals surface area contributed by atoms with Crippen LogP contribution < -0.4 is 4.74 Å². The van der Waals surface area contributed by atoms with Crippen LogP contribution in [0.4, 0.5) is 4.79 Å². The Labute approximate surface area is 177 Å². The fourth-order valence-corrected chi connectivity index (χ4v) is 3.64. The zero-order chi connectivity index (χ0) is 21.3. The molecule has 1 saturated heterocycles. The van der Waals surface area contributed by atoms with E-state index in [0.717, 1.165) is 17.5 Å². The van der Waals surface area contributed by atoms with Gasteiger partial charge < -0.3 is 14.4 Å². The summed E-state index contributed by atoms with van der Waals surface area (Å²) >= 11 is 0. The SMILES string of the molecule is Cc1ccc(Cn2c(O[C@@H]3CCN(C(=O)OC(C)(C)C)C3)nc3ccccc32)cc1. The second-order valence-electron chi connectivity index (χ2n) is 8.91. The molecule has 0 spiro atoms. The molecule has 6 heteroatoms. The van der Waals surface area contributed by atoms with Gasteiger partial charge in [0, 0.05) is 13.0 Å². The van der Waals surface area contributed by atoms with E-state index in [4.69, 9.17) is 14.5 Å². The molecule has 6 nitrogen and oxygen atoms in total. The van der Waals surface area contributed by atoms with Crippen molar-refractivity contribution in [2.24, 2.45) is 0 Å². The van der Waals surface area contributed by atoms with Crippen molar-refractivity contribution in [2.75, 3.05) is 13.1 Å². The average Bonchev–Trinajstić information content (AvgIpc) is 3.28. The molecular weight excluding hydrogens is 378 g/mol. The van der Waals surface area contributed by atoms with Crippen molar-refractivity contribution < 1.29 is 14.3 Å². The summed E-state index contributed by atoms with van der Waals surface area (Å²) in [7, 11) is 0. The highest BCUT2D eigenvalue weighted by atomic mass is 16.6. The Morgan fingerprint density at radius 2 is 1.87 bits per heavy atom. The van der Waals surface area contributed by atoms with Gasteiger partial charge in [0.1, 0.15) is 11.7 Å². The first-order valence-corrected chi connectivity index (χ1v) is 10.4. The lowest BCUT2D eigenvalue weighted by Gasteiger charge is -2.24. The Hall–Kier alpha value is -3.02. The predicted octanol–water partition coefficient (Wildman–Crippen LogP) is 4.78. The Morgan fingerprint density at radius 1 is 1.13 bits per heavy atom. The number of aryl methyl sites for hydroxylation is 1. The van der Waals surface area contributed by atoms with Gasteiger partial charge in [0.15, 0.2) is 0 Å². The number of nitrogens with zero attached hydrogens (tertiary/aromatic N) is 3. The summed E-state index contributed by atoms with van der Waals surface area (Å²) in [5.74, 6) is 0. The quantitative estimate of drug-likeness (QED) is 0.624. The van der Waals surface area contributed by atoms with E-state index in [1.165, 1.54) is 11.1 Å². The standard InChI is InChI=1S/C24H29N3O3/c1-17-9-11-18(12-10-17)15-27-21-8-6-5-7-20(21)25-22(27)29-19-13-14-26(16-19)23(28)30-24(2,3)4/h5-12,19H,13-16H2,1-4H3/t19-/m1/s1. The van der Waals surface area contributed by atoms with Crippen LogP contribution in [0.1, 0.15) is 38.3 Å². The Balaban J connectivity index is 1.53. The van der Waals surface area contributed by atoms with E-state index < -0.39 is 5.60 Å². The molecule has 0 N–H and O–H groups in total. The number of benzene rings is 2. The summed E-state index contributed by atoms with van der Waals surface area (Å²) in [6.07, 6.45) is 0.361. The fraction of sp³-hybridized carbons (Fsp3) is 0.417. The number of likely N-dealkylation sites (tertiary alicyclic amines) is 1. The molecule has 4 rings (SSSR count). The van der Waals surface area contributed by atoms with E-state index in [0.29, 0.717) is 25.6 Å². The van der Waals surface area contributed by atoms with Gasteiger partial charge in [-0.2, -0.15) is 4.98 Å². The monoisotopic (exact) mass is 407 g/mol. The minimum Gasteiger partial charge on any atom is -0.459 e. The minimum absolute atomic E-state index is 0.105. The number of imidazole rings is 1. The van der Waals surface area contributed by atoms with Crippen molar-refractivity contribution >= 4 is 17.1 Å². The molecule has 1 aliphatic rings. The summed E-state index contributed by atoms with van der Waals surface area (Å²) in [5.41, 5.74) is 3.86. The van der Waals surface area contributed by atoms with Crippen molar-refractivity contribution in [1.82, 2.24) is 14.5 Å². The molecule has 0 radical (unpaired) electrons. The molecule has 0 aliphatic carbocycles. The number of ether oxygens (including phenoxy) is 2. The number of fused-ring (bicyclic) bond motifs is 1. The zero-order valence-electron chi connectivity index (χ0n) is 18.1. The highest BCUT2D eigenvalue weighted by Gasteiger charge is 2.31. The molecule has 1 fully saturated rings. The molecule has 1 amide bonds. The smallest absolute Gasteiger partial charge is 0.410 e. The Kier molecular flexibility index (Phi) is 5.41. The maximum atomic E-state index is 12.4. The van der Waals surface area contributed by atoms with E-state index in [-0.39, 0.29) is 12.2 Å². The number of rotatable bonds is 4. The van der Waals surface area contributed by atoms with Crippen molar-refractivity contribution in [2.45, 2.75) is 52.4 Å². The van der Waals surface area contributed by atoms with E-state index in [9.17, 15) is 4.79 Å². The number of aromatic nitrogens is 2. The molecule has 2 aromatic carbocycles. The molecule has 0 unspecified atom stereocenters. The number of hydrogen-bond acceptors (Lipinski definition) is 4. The summed E-state index contributed by atoms with van der Waals surface area (Å²) < 4.78 is 13.9. The molecule has 1 aromatic heterocycles. The molecule has 3 aromatic rings. The Morgan fingerprint density at radius 3 is 2.60 bits per heavy atom. The van der Waals surface area contributed by atoms with Crippen molar-refractivity contribution in [3.63, 3.8) is 0 Å². The highest BCUT2D eigenvalue weighted by molar-refractivity contribution is 5.76. The number of hydrogen-bond donors (Lipinski definition) is 0. The Bertz CT molecular complexity index is 1030. The molecule has 0 bridgehead atoms. The van der Waals surface area contributed by atoms with E-state index in [1.54, 1.807) is 4.90 Å². The van der Waals surface area contributed by atoms with Gasteiger partial charge in [0.05, 0.1) is 24.1 Å².